The van der Waals surface area contributed by atoms with Crippen molar-refractivity contribution in [3.63, 3.8) is 0 Å². The Bertz CT molecular complexity index is 1970. The van der Waals surface area contributed by atoms with Gasteiger partial charge in [-0.3, -0.25) is 0 Å². The van der Waals surface area contributed by atoms with E-state index in [2.05, 4.69) is 0 Å². The van der Waals surface area contributed by atoms with E-state index in [1.54, 1.807) is 28.4 Å². The molecule has 5 aromatic rings. The maximum absolute atomic E-state index is 7.73. The van der Waals surface area contributed by atoms with Gasteiger partial charge in [0.1, 0.15) is 0 Å². The van der Waals surface area contributed by atoms with Gasteiger partial charge in [-0.25, -0.2) is 0 Å². The first-order valence-electron chi connectivity index (χ1n) is 14.5. The number of hydrogen-bond donors (Lipinski definition) is 0. The summed E-state index contributed by atoms with van der Waals surface area (Å²) in [7, 11) is 1.69. The van der Waals surface area contributed by atoms with Crippen LogP contribution in [-0.4, -0.2) is 28.4 Å². The Morgan fingerprint density at radius 3 is 1.67 bits per heavy atom. The predicted octanol–water partition coefficient (Wildman–Crippen LogP) is 7.28. The molecular weight excluding hydrogens is 591 g/mol. The van der Waals surface area contributed by atoms with Gasteiger partial charge >= 0.3 is 261 Å². The second kappa shape index (κ2) is 9.62. The van der Waals surface area contributed by atoms with E-state index in [1.165, 1.54) is 0 Å². The first kappa shape index (κ1) is 27.8. The van der Waals surface area contributed by atoms with Gasteiger partial charge in [-0.15, -0.1) is 0 Å². The van der Waals surface area contributed by atoms with Crippen molar-refractivity contribution < 1.29 is 37.3 Å². The van der Waals surface area contributed by atoms with E-state index >= 15 is 0 Å². The minimum absolute atomic E-state index is 0.516. The number of hydrogen-bond acceptors (Lipinski definition) is 8. The summed E-state index contributed by atoms with van der Waals surface area (Å²) in [5, 5.41) is -0.771. The molecule has 3 heterocycles. The Kier molecular flexibility index (Phi) is 5.94. The summed E-state index contributed by atoms with van der Waals surface area (Å²) >= 11 is 0. The summed E-state index contributed by atoms with van der Waals surface area (Å²) in [6.45, 7) is 0. The van der Waals surface area contributed by atoms with Crippen LogP contribution < -0.4 is 33.3 Å². The van der Waals surface area contributed by atoms with E-state index in [9.17, 15) is 0 Å². The fourth-order valence-electron chi connectivity index (χ4n) is 6.99. The maximum atomic E-state index is 7.73. The zero-order valence-electron chi connectivity index (χ0n) is 25.2. The van der Waals surface area contributed by atoms with Gasteiger partial charge in [0.05, 0.1) is 0 Å². The monoisotopic (exact) mass is 622 g/mol. The van der Waals surface area contributed by atoms with Crippen molar-refractivity contribution in [3.8, 4) is 34.5 Å². The molecule has 1 fully saturated rings. The SMILES string of the molecule is COc1ccc(C23O[C@]4(c5ccc(OC)cc5OC)c5ccccc5OP4(c4ccccc4)(Oc4ccccc42)O3)c(OC)c1. The molecule has 3 aliphatic heterocycles. The van der Waals surface area contributed by atoms with Crippen LogP contribution in [0.25, 0.3) is 0 Å². The molecule has 5 aromatic carbocycles. The molecule has 9 heteroatoms. The van der Waals surface area contributed by atoms with Crippen molar-refractivity contribution in [3.05, 3.63) is 138 Å². The predicted molar refractivity (Wildman–Crippen MR) is 170 cm³/mol. The molecule has 0 saturated carbocycles. The Morgan fingerprint density at radius 1 is 0.511 bits per heavy atom. The second-order valence-corrected chi connectivity index (χ2v) is 14.4. The molecule has 1 unspecified atom stereocenters. The van der Waals surface area contributed by atoms with E-state index in [0.29, 0.717) is 56.5 Å². The van der Waals surface area contributed by atoms with Crippen molar-refractivity contribution in [2.24, 2.45) is 0 Å². The summed E-state index contributed by atoms with van der Waals surface area (Å²) in [5.74, 6) is 1.90. The van der Waals surface area contributed by atoms with Crippen LogP contribution >= 0.6 is 7.28 Å². The van der Waals surface area contributed by atoms with Crippen LogP contribution in [0, 0.1) is 0 Å². The van der Waals surface area contributed by atoms with Crippen LogP contribution in [0.4, 0.5) is 0 Å². The molecule has 8 rings (SSSR count). The first-order chi connectivity index (χ1) is 22.0. The van der Waals surface area contributed by atoms with Gasteiger partial charge in [0.15, 0.2) is 0 Å². The van der Waals surface area contributed by atoms with E-state index < -0.39 is 18.4 Å². The van der Waals surface area contributed by atoms with Gasteiger partial charge in [0.2, 0.25) is 0 Å². The number of para-hydroxylation sites is 2. The van der Waals surface area contributed by atoms with Gasteiger partial charge in [0.25, 0.3) is 0 Å². The zero-order valence-corrected chi connectivity index (χ0v) is 26.1. The molecule has 0 radical (unpaired) electrons. The number of methoxy groups -OCH3 is 4. The Labute approximate surface area is 261 Å². The van der Waals surface area contributed by atoms with Crippen LogP contribution in [0.2, 0.25) is 0 Å². The van der Waals surface area contributed by atoms with Gasteiger partial charge < -0.3 is 0 Å². The molecule has 1 saturated heterocycles. The summed E-state index contributed by atoms with van der Waals surface area (Å²) in [6, 6.07) is 36.6. The molecule has 45 heavy (non-hydrogen) atoms. The molecule has 0 amide bonds. The normalized spacial score (nSPS) is 23.5. The molecule has 0 aromatic heterocycles. The average Bonchev–Trinajstić information content (AvgIpc) is 3.47. The van der Waals surface area contributed by atoms with E-state index in [-0.39, 0.29) is 0 Å². The van der Waals surface area contributed by atoms with Crippen molar-refractivity contribution in [2.75, 3.05) is 28.4 Å². The third-order valence-electron chi connectivity index (χ3n) is 8.89. The summed E-state index contributed by atoms with van der Waals surface area (Å²) in [6.07, 6.45) is 0. The molecule has 1 spiro atoms. The summed E-state index contributed by atoms with van der Waals surface area (Å²) in [4.78, 5) is 0. The summed E-state index contributed by atoms with van der Waals surface area (Å²) in [5.41, 5.74) is 2.71. The van der Waals surface area contributed by atoms with E-state index in [0.717, 1.165) is 5.56 Å². The quantitative estimate of drug-likeness (QED) is 0.176. The number of fused-ring (bicyclic) bond motifs is 5. The van der Waals surface area contributed by atoms with E-state index in [4.69, 9.17) is 37.3 Å². The molecular formula is C36H31O8P. The van der Waals surface area contributed by atoms with Gasteiger partial charge in [-0.05, 0) is 0 Å². The van der Waals surface area contributed by atoms with Gasteiger partial charge in [-0.2, -0.15) is 0 Å². The van der Waals surface area contributed by atoms with Gasteiger partial charge in [0, 0.05) is 0 Å². The van der Waals surface area contributed by atoms with Crippen LogP contribution in [0.15, 0.2) is 115 Å². The molecule has 8 nitrogen and oxygen atoms in total. The topological polar surface area (TPSA) is 73.8 Å². The molecule has 0 aliphatic carbocycles. The first-order valence-corrected chi connectivity index (χ1v) is 16.5. The fourth-order valence-corrected chi connectivity index (χ4v) is 12.1. The van der Waals surface area contributed by atoms with Crippen molar-refractivity contribution in [1.29, 1.82) is 0 Å². The fraction of sp³-hybridized carbons (Fsp3) is 0.167. The Balaban J connectivity index is 1.58. The Morgan fingerprint density at radius 2 is 1.04 bits per heavy atom. The van der Waals surface area contributed by atoms with Crippen molar-refractivity contribution >= 4 is 12.6 Å². The molecule has 0 N–H and O–H groups in total. The van der Waals surface area contributed by atoms with Crippen LogP contribution in [0.3, 0.4) is 0 Å². The van der Waals surface area contributed by atoms with Crippen LogP contribution in [0.1, 0.15) is 22.3 Å². The Hall–Kier alpha value is -4.75. The van der Waals surface area contributed by atoms with Crippen molar-refractivity contribution in [2.45, 2.75) is 11.1 Å². The number of rotatable bonds is 7. The number of benzene rings is 5. The number of ether oxygens (including phenoxy) is 5. The standard InChI is InChI=1S/C36H31O8P/c1-37-24-18-20-28(33(22-24)39-3)35-27-14-8-10-16-31(27)41-45(44-35,26-12-6-5-7-13-26)36(43-35,29-15-9-11-17-32(29)42-45)30-21-19-25(38-2)23-34(30)40-4/h5-23H,1-4H3/t35?,36-/m1/s1. The van der Waals surface area contributed by atoms with Gasteiger partial charge in [-0.1, -0.05) is 0 Å². The second-order valence-electron chi connectivity index (χ2n) is 11.0. The van der Waals surface area contributed by atoms with Crippen LogP contribution in [-0.2, 0) is 20.4 Å². The van der Waals surface area contributed by atoms with Crippen molar-refractivity contribution in [1.82, 2.24) is 0 Å². The molecule has 2 atom stereocenters. The minimum atomic E-state index is -4.78. The molecule has 3 aliphatic rings. The zero-order chi connectivity index (χ0) is 30.9. The third-order valence-corrected chi connectivity index (χ3v) is 13.4. The van der Waals surface area contributed by atoms with E-state index in [1.807, 2.05) is 115 Å². The molecule has 228 valence electrons. The third kappa shape index (κ3) is 3.31. The summed E-state index contributed by atoms with van der Waals surface area (Å²) < 4.78 is 53.3. The van der Waals surface area contributed by atoms with Crippen LogP contribution in [0.5, 0.6) is 34.5 Å². The average molecular weight is 623 g/mol. The molecule has 2 bridgehead atoms.